The van der Waals surface area contributed by atoms with E-state index in [2.05, 4.69) is 10.3 Å². The number of ketones is 1. The van der Waals surface area contributed by atoms with Crippen molar-refractivity contribution in [2.75, 3.05) is 0 Å². The Morgan fingerprint density at radius 3 is 2.43 bits per heavy atom. The number of alkyl carbamates (subject to hydrolysis) is 1. The van der Waals surface area contributed by atoms with Crippen LogP contribution in [0.25, 0.3) is 5.69 Å². The fourth-order valence-corrected chi connectivity index (χ4v) is 2.77. The molecule has 0 spiro atoms. The Balaban J connectivity index is 1.85. The molecule has 1 aromatic heterocycles. The van der Waals surface area contributed by atoms with Crippen molar-refractivity contribution < 1.29 is 14.3 Å². The maximum Gasteiger partial charge on any atom is 0.407 e. The normalized spacial score (nSPS) is 11.1. The molecule has 0 fully saturated rings. The van der Waals surface area contributed by atoms with Crippen LogP contribution in [0.5, 0.6) is 0 Å². The van der Waals surface area contributed by atoms with Crippen molar-refractivity contribution in [2.24, 2.45) is 0 Å². The fourth-order valence-electron chi connectivity index (χ4n) is 2.77. The molecule has 0 aliphatic heterocycles. The van der Waals surface area contributed by atoms with Crippen molar-refractivity contribution in [3.8, 4) is 5.69 Å². The zero-order chi connectivity index (χ0) is 20.1. The van der Waals surface area contributed by atoms with Gasteiger partial charge in [0, 0.05) is 12.1 Å². The van der Waals surface area contributed by atoms with E-state index in [-0.39, 0.29) is 12.3 Å². The second kappa shape index (κ2) is 8.08. The Morgan fingerprint density at radius 1 is 1.04 bits per heavy atom. The molecule has 1 N–H and O–H groups in total. The number of nitrogens with zero attached hydrogens (tertiary/aromatic N) is 2. The molecule has 28 heavy (non-hydrogen) atoms. The standard InChI is InChI=1S/C22H23N3O3/c1-22(2,3)28-21(27)24-13-17-11-7-8-12-18(17)25-15-23-14-19(25)20(26)16-9-5-4-6-10-16/h4-12,14-15H,13H2,1-3H3,(H,24,27). The molecular formula is C22H23N3O3. The number of carbonyl (C=O) groups excluding carboxylic acids is 2. The number of para-hydroxylation sites is 1. The zero-order valence-corrected chi connectivity index (χ0v) is 16.2. The van der Waals surface area contributed by atoms with Gasteiger partial charge in [-0.2, -0.15) is 0 Å². The molecule has 1 amide bonds. The van der Waals surface area contributed by atoms with Crippen molar-refractivity contribution in [2.45, 2.75) is 32.9 Å². The highest BCUT2D eigenvalue weighted by Crippen LogP contribution is 2.19. The topological polar surface area (TPSA) is 73.2 Å². The number of benzene rings is 2. The molecule has 0 bridgehead atoms. The van der Waals surface area contributed by atoms with E-state index < -0.39 is 11.7 Å². The van der Waals surface area contributed by atoms with Gasteiger partial charge in [0.1, 0.15) is 11.3 Å². The van der Waals surface area contributed by atoms with Crippen molar-refractivity contribution >= 4 is 11.9 Å². The van der Waals surface area contributed by atoms with E-state index in [0.29, 0.717) is 11.3 Å². The van der Waals surface area contributed by atoms with Crippen LogP contribution in [0, 0.1) is 0 Å². The Hall–Kier alpha value is -3.41. The van der Waals surface area contributed by atoms with Crippen LogP contribution in [0.15, 0.2) is 67.1 Å². The third-order valence-electron chi connectivity index (χ3n) is 3.98. The van der Waals surface area contributed by atoms with Crippen LogP contribution in [-0.4, -0.2) is 27.0 Å². The number of ether oxygens (including phenoxy) is 1. The third-order valence-corrected chi connectivity index (χ3v) is 3.98. The Bertz CT molecular complexity index is 972. The summed E-state index contributed by atoms with van der Waals surface area (Å²) in [6.45, 7) is 5.71. The lowest BCUT2D eigenvalue weighted by atomic mass is 10.1. The van der Waals surface area contributed by atoms with Crippen molar-refractivity contribution in [1.29, 1.82) is 0 Å². The molecule has 144 valence electrons. The number of hydrogen-bond donors (Lipinski definition) is 1. The monoisotopic (exact) mass is 377 g/mol. The molecule has 0 aliphatic rings. The van der Waals surface area contributed by atoms with E-state index in [0.717, 1.165) is 11.3 Å². The molecule has 6 heteroatoms. The number of carbonyl (C=O) groups is 2. The van der Waals surface area contributed by atoms with Gasteiger partial charge in [-0.1, -0.05) is 48.5 Å². The summed E-state index contributed by atoms with van der Waals surface area (Å²) in [6, 6.07) is 16.6. The minimum absolute atomic E-state index is 0.118. The quantitative estimate of drug-likeness (QED) is 0.679. The highest BCUT2D eigenvalue weighted by molar-refractivity contribution is 6.08. The predicted molar refractivity (Wildman–Crippen MR) is 107 cm³/mol. The molecule has 3 rings (SSSR count). The summed E-state index contributed by atoms with van der Waals surface area (Å²) in [4.78, 5) is 29.0. The highest BCUT2D eigenvalue weighted by atomic mass is 16.6. The van der Waals surface area contributed by atoms with Gasteiger partial charge in [-0.15, -0.1) is 0 Å². The smallest absolute Gasteiger partial charge is 0.407 e. The first kappa shape index (κ1) is 19.4. The molecule has 0 aliphatic carbocycles. The van der Waals surface area contributed by atoms with Crippen molar-refractivity contribution in [3.05, 3.63) is 83.9 Å². The van der Waals surface area contributed by atoms with Crippen LogP contribution in [-0.2, 0) is 11.3 Å². The van der Waals surface area contributed by atoms with E-state index in [1.807, 2.05) is 63.2 Å². The summed E-state index contributed by atoms with van der Waals surface area (Å²) in [7, 11) is 0. The van der Waals surface area contributed by atoms with Crippen LogP contribution in [0.3, 0.4) is 0 Å². The fraction of sp³-hybridized carbons (Fsp3) is 0.227. The van der Waals surface area contributed by atoms with Gasteiger partial charge >= 0.3 is 6.09 Å². The van der Waals surface area contributed by atoms with Crippen molar-refractivity contribution in [3.63, 3.8) is 0 Å². The molecule has 6 nitrogen and oxygen atoms in total. The van der Waals surface area contributed by atoms with Crippen LogP contribution in [0.2, 0.25) is 0 Å². The Morgan fingerprint density at radius 2 is 1.71 bits per heavy atom. The average Bonchev–Trinajstić information content (AvgIpc) is 3.15. The van der Waals surface area contributed by atoms with Gasteiger partial charge in [0.2, 0.25) is 5.78 Å². The highest BCUT2D eigenvalue weighted by Gasteiger charge is 2.18. The molecular weight excluding hydrogens is 354 g/mol. The largest absolute Gasteiger partial charge is 0.444 e. The Kier molecular flexibility index (Phi) is 5.59. The number of hydrogen-bond acceptors (Lipinski definition) is 4. The average molecular weight is 377 g/mol. The summed E-state index contributed by atoms with van der Waals surface area (Å²) in [5.74, 6) is -0.118. The molecule has 0 atom stereocenters. The number of aromatic nitrogens is 2. The van der Waals surface area contributed by atoms with E-state index >= 15 is 0 Å². The van der Waals surface area contributed by atoms with Crippen LogP contribution in [0.4, 0.5) is 4.79 Å². The second-order valence-electron chi connectivity index (χ2n) is 7.33. The number of rotatable bonds is 5. The SMILES string of the molecule is CC(C)(C)OC(=O)NCc1ccccc1-n1cncc1C(=O)c1ccccc1. The van der Waals surface area contributed by atoms with Gasteiger partial charge in [-0.25, -0.2) is 9.78 Å². The van der Waals surface area contributed by atoms with Crippen LogP contribution >= 0.6 is 0 Å². The van der Waals surface area contributed by atoms with E-state index in [9.17, 15) is 9.59 Å². The molecule has 1 heterocycles. The molecule has 0 saturated carbocycles. The lowest BCUT2D eigenvalue weighted by Gasteiger charge is -2.20. The minimum atomic E-state index is -0.566. The van der Waals surface area contributed by atoms with Gasteiger partial charge in [0.25, 0.3) is 0 Å². The van der Waals surface area contributed by atoms with Crippen LogP contribution in [0.1, 0.15) is 42.4 Å². The van der Waals surface area contributed by atoms with Gasteiger partial charge in [-0.05, 0) is 32.4 Å². The van der Waals surface area contributed by atoms with E-state index in [1.54, 1.807) is 29.2 Å². The van der Waals surface area contributed by atoms with Gasteiger partial charge < -0.3 is 10.1 Å². The summed E-state index contributed by atoms with van der Waals surface area (Å²) < 4.78 is 7.02. The maximum atomic E-state index is 12.9. The lowest BCUT2D eigenvalue weighted by molar-refractivity contribution is 0.0523. The van der Waals surface area contributed by atoms with E-state index in [4.69, 9.17) is 4.74 Å². The zero-order valence-electron chi connectivity index (χ0n) is 16.2. The summed E-state index contributed by atoms with van der Waals surface area (Å²) in [6.07, 6.45) is 2.66. The molecule has 2 aromatic carbocycles. The second-order valence-corrected chi connectivity index (χ2v) is 7.33. The van der Waals surface area contributed by atoms with Gasteiger partial charge in [-0.3, -0.25) is 9.36 Å². The molecule has 0 radical (unpaired) electrons. The molecule has 0 saturated heterocycles. The lowest BCUT2D eigenvalue weighted by Crippen LogP contribution is -2.32. The first-order chi connectivity index (χ1) is 13.3. The summed E-state index contributed by atoms with van der Waals surface area (Å²) in [5, 5.41) is 2.76. The van der Waals surface area contributed by atoms with Gasteiger partial charge in [0.15, 0.2) is 0 Å². The first-order valence-electron chi connectivity index (χ1n) is 9.02. The predicted octanol–water partition coefficient (Wildman–Crippen LogP) is 4.13. The number of nitrogens with one attached hydrogen (secondary N) is 1. The maximum absolute atomic E-state index is 12.9. The number of amides is 1. The molecule has 0 unspecified atom stereocenters. The molecule has 3 aromatic rings. The third kappa shape index (κ3) is 4.65. The Labute approximate surface area is 164 Å². The van der Waals surface area contributed by atoms with Gasteiger partial charge in [0.05, 0.1) is 18.2 Å². The summed E-state index contributed by atoms with van der Waals surface area (Å²) >= 11 is 0. The van der Waals surface area contributed by atoms with Crippen LogP contribution < -0.4 is 5.32 Å². The first-order valence-corrected chi connectivity index (χ1v) is 9.02. The van der Waals surface area contributed by atoms with Crippen molar-refractivity contribution in [1.82, 2.24) is 14.9 Å². The van der Waals surface area contributed by atoms with E-state index in [1.165, 1.54) is 0 Å². The number of imidazole rings is 1. The minimum Gasteiger partial charge on any atom is -0.444 e. The summed E-state index contributed by atoms with van der Waals surface area (Å²) in [5.41, 5.74) is 2.09.